The molecular weight excluding hydrogens is 254 g/mol. The lowest BCUT2D eigenvalue weighted by molar-refractivity contribution is -0.254. The van der Waals surface area contributed by atoms with E-state index >= 15 is 0 Å². The van der Waals surface area contributed by atoms with Crippen LogP contribution in [0.25, 0.3) is 0 Å². The fraction of sp³-hybridized carbons (Fsp3) is 0.400. The molecule has 2 nitrogen and oxygen atoms in total. The second-order valence-corrected chi connectivity index (χ2v) is 3.79. The van der Waals surface area contributed by atoms with E-state index in [1.807, 2.05) is 24.3 Å². The highest BCUT2D eigenvalue weighted by Gasteiger charge is 2.04. The van der Waals surface area contributed by atoms with E-state index in [0.29, 0.717) is 11.8 Å². The summed E-state index contributed by atoms with van der Waals surface area (Å²) >= 11 is 11.4. The molecule has 3 N–H and O–H groups in total. The maximum absolute atomic E-state index is 5.72. The first-order valence-electron chi connectivity index (χ1n) is 4.57. The highest BCUT2D eigenvalue weighted by molar-refractivity contribution is 6.18. The van der Waals surface area contributed by atoms with Crippen molar-refractivity contribution in [2.24, 2.45) is 0 Å². The van der Waals surface area contributed by atoms with Crippen LogP contribution in [0.15, 0.2) is 24.3 Å². The van der Waals surface area contributed by atoms with E-state index in [1.165, 1.54) is 0 Å². The molecule has 0 radical (unpaired) electrons. The van der Waals surface area contributed by atoms with E-state index in [-0.39, 0.29) is 12.4 Å². The van der Waals surface area contributed by atoms with Gasteiger partial charge in [-0.1, -0.05) is 0 Å². The topological polar surface area (TPSA) is 30.9 Å². The van der Waals surface area contributed by atoms with Crippen molar-refractivity contribution in [3.05, 3.63) is 24.3 Å². The molecule has 1 rings (SSSR count). The third-order valence-electron chi connectivity index (χ3n) is 2.01. The van der Waals surface area contributed by atoms with Crippen LogP contribution in [0.4, 0.5) is 11.4 Å². The van der Waals surface area contributed by atoms with Crippen molar-refractivity contribution >= 4 is 34.6 Å². The van der Waals surface area contributed by atoms with Crippen molar-refractivity contribution in [1.29, 1.82) is 0 Å². The van der Waals surface area contributed by atoms with E-state index in [2.05, 4.69) is 10.6 Å². The summed E-state index contributed by atoms with van der Waals surface area (Å²) in [6.07, 6.45) is 0. The quantitative estimate of drug-likeness (QED) is 0.673. The zero-order chi connectivity index (χ0) is 10.4. The van der Waals surface area contributed by atoms with Gasteiger partial charge in [0, 0.05) is 42.7 Å². The van der Waals surface area contributed by atoms with Crippen molar-refractivity contribution in [2.75, 3.05) is 29.7 Å². The molecule has 0 aliphatic heterocycles. The molecule has 0 spiro atoms. The molecule has 0 aliphatic rings. The van der Waals surface area contributed by atoms with Crippen LogP contribution in [0.2, 0.25) is 0 Å². The lowest BCUT2D eigenvalue weighted by Gasteiger charge is -2.22. The van der Waals surface area contributed by atoms with Crippen LogP contribution >= 0.6 is 23.2 Å². The van der Waals surface area contributed by atoms with Gasteiger partial charge >= 0.3 is 0 Å². The van der Waals surface area contributed by atoms with Crippen molar-refractivity contribution < 1.29 is 18.1 Å². The molecule has 86 valence electrons. The largest absolute Gasteiger partial charge is 1.00 e. The van der Waals surface area contributed by atoms with Crippen LogP contribution in [-0.4, -0.2) is 24.8 Å². The van der Waals surface area contributed by atoms with E-state index in [0.717, 1.165) is 24.5 Å². The molecule has 0 atom stereocenters. The van der Waals surface area contributed by atoms with Crippen LogP contribution in [-0.2, 0) is 0 Å². The Morgan fingerprint density at radius 2 is 1.47 bits per heavy atom. The summed E-state index contributed by atoms with van der Waals surface area (Å²) < 4.78 is 0. The van der Waals surface area contributed by atoms with Gasteiger partial charge in [0.2, 0.25) is 0 Å². The van der Waals surface area contributed by atoms with Gasteiger partial charge in [-0.3, -0.25) is 0 Å². The number of nitrogens with zero attached hydrogens (tertiary/aromatic N) is 1. The summed E-state index contributed by atoms with van der Waals surface area (Å²) in [6.45, 7) is 1.65. The summed E-state index contributed by atoms with van der Waals surface area (Å²) in [5.74, 6) is 1.23. The first kappa shape index (κ1) is 14.8. The Hall–Kier alpha value is -0.150. The Labute approximate surface area is 107 Å². The fourth-order valence-electron chi connectivity index (χ4n) is 1.28. The van der Waals surface area contributed by atoms with Crippen LogP contribution in [0.1, 0.15) is 0 Å². The predicted molar refractivity (Wildman–Crippen MR) is 62.6 cm³/mol. The molecule has 0 aliphatic carbocycles. The summed E-state index contributed by atoms with van der Waals surface area (Å²) in [7, 11) is 0. The molecule has 1 aromatic rings. The van der Waals surface area contributed by atoms with E-state index in [4.69, 9.17) is 23.2 Å². The van der Waals surface area contributed by atoms with Gasteiger partial charge in [-0.15, -0.1) is 23.2 Å². The molecular formula is C10H15Cl3N2. The minimum Gasteiger partial charge on any atom is -1.00 e. The van der Waals surface area contributed by atoms with Crippen LogP contribution in [0.3, 0.4) is 0 Å². The Bertz CT molecular complexity index is 258. The van der Waals surface area contributed by atoms with E-state index in [1.54, 1.807) is 0 Å². The SMILES string of the molecule is [Cl-].[NH3+]c1ccc(N(CCCl)CCCl)cc1. The molecule has 0 aromatic heterocycles. The third kappa shape index (κ3) is 4.94. The van der Waals surface area contributed by atoms with Gasteiger partial charge < -0.3 is 23.0 Å². The molecule has 0 amide bonds. The molecule has 15 heavy (non-hydrogen) atoms. The van der Waals surface area contributed by atoms with Crippen LogP contribution in [0.5, 0.6) is 0 Å². The normalized spacial score (nSPS) is 9.53. The third-order valence-corrected chi connectivity index (χ3v) is 2.35. The minimum absolute atomic E-state index is 0. The van der Waals surface area contributed by atoms with Gasteiger partial charge in [0.25, 0.3) is 0 Å². The average Bonchev–Trinajstić information content (AvgIpc) is 2.19. The Kier molecular flexibility index (Phi) is 7.97. The van der Waals surface area contributed by atoms with E-state index < -0.39 is 0 Å². The second-order valence-electron chi connectivity index (χ2n) is 3.03. The smallest absolute Gasteiger partial charge is 0.128 e. The molecule has 0 bridgehead atoms. The van der Waals surface area contributed by atoms with Gasteiger partial charge in [-0.05, 0) is 12.1 Å². The number of alkyl halides is 2. The van der Waals surface area contributed by atoms with Gasteiger partial charge in [-0.2, -0.15) is 0 Å². The summed E-state index contributed by atoms with van der Waals surface area (Å²) in [5, 5.41) is 0. The van der Waals surface area contributed by atoms with Crippen molar-refractivity contribution in [2.45, 2.75) is 0 Å². The summed E-state index contributed by atoms with van der Waals surface area (Å²) in [5.41, 5.74) is 6.01. The van der Waals surface area contributed by atoms with Crippen LogP contribution < -0.4 is 23.0 Å². The molecule has 5 heteroatoms. The first-order chi connectivity index (χ1) is 6.77. The van der Waals surface area contributed by atoms with Crippen molar-refractivity contribution in [1.82, 2.24) is 0 Å². The zero-order valence-corrected chi connectivity index (χ0v) is 10.7. The molecule has 1 aromatic carbocycles. The Morgan fingerprint density at radius 1 is 1.00 bits per heavy atom. The molecule has 0 saturated heterocycles. The van der Waals surface area contributed by atoms with Gasteiger partial charge in [0.1, 0.15) is 5.69 Å². The Morgan fingerprint density at radius 3 is 1.87 bits per heavy atom. The number of hydrogen-bond acceptors (Lipinski definition) is 1. The summed E-state index contributed by atoms with van der Waals surface area (Å²) in [6, 6.07) is 8.07. The van der Waals surface area contributed by atoms with Gasteiger partial charge in [-0.25, -0.2) is 0 Å². The average molecular weight is 270 g/mol. The lowest BCUT2D eigenvalue weighted by atomic mass is 10.2. The maximum atomic E-state index is 5.72. The highest BCUT2D eigenvalue weighted by Crippen LogP contribution is 2.15. The zero-order valence-electron chi connectivity index (χ0n) is 8.43. The lowest BCUT2D eigenvalue weighted by Crippen LogP contribution is -3.00. The number of halogens is 3. The molecule has 0 unspecified atom stereocenters. The molecule has 0 fully saturated rings. The summed E-state index contributed by atoms with van der Waals surface area (Å²) in [4.78, 5) is 2.17. The second kappa shape index (κ2) is 8.05. The number of hydrogen-bond donors (Lipinski definition) is 1. The monoisotopic (exact) mass is 268 g/mol. The van der Waals surface area contributed by atoms with Crippen molar-refractivity contribution in [3.63, 3.8) is 0 Å². The molecule has 0 heterocycles. The molecule has 0 saturated carbocycles. The number of rotatable bonds is 5. The number of quaternary nitrogens is 1. The number of anilines is 1. The minimum atomic E-state index is 0. The maximum Gasteiger partial charge on any atom is 0.128 e. The predicted octanol–water partition coefficient (Wildman–Crippen LogP) is -1.15. The standard InChI is InChI=1S/C10H14Cl2N2.ClH/c11-5-7-14(8-6-12)10-3-1-9(13)2-4-10;/h1-4H,5-8,13H2;1H. The van der Waals surface area contributed by atoms with Crippen LogP contribution in [0, 0.1) is 0 Å². The highest BCUT2D eigenvalue weighted by atomic mass is 35.5. The first-order valence-corrected chi connectivity index (χ1v) is 5.63. The number of benzene rings is 1. The fourth-order valence-corrected chi connectivity index (χ4v) is 1.69. The van der Waals surface area contributed by atoms with Gasteiger partial charge in [0.05, 0.1) is 0 Å². The van der Waals surface area contributed by atoms with Gasteiger partial charge in [0.15, 0.2) is 0 Å². The van der Waals surface area contributed by atoms with E-state index in [9.17, 15) is 0 Å². The van der Waals surface area contributed by atoms with Crippen molar-refractivity contribution in [3.8, 4) is 0 Å². The Balaban J connectivity index is 0.00000196.